The molecule has 19 heavy (non-hydrogen) atoms. The average Bonchev–Trinajstić information content (AvgIpc) is 2.29. The van der Waals surface area contributed by atoms with Crippen LogP contribution < -0.4 is 0 Å². The van der Waals surface area contributed by atoms with Gasteiger partial charge in [-0.05, 0) is 47.1 Å². The van der Waals surface area contributed by atoms with Crippen LogP contribution in [0.5, 0.6) is 0 Å². The first-order valence-corrected chi connectivity index (χ1v) is 7.30. The third-order valence-electron chi connectivity index (χ3n) is 3.65. The largest absolute Gasteiger partial charge is 0.389 e. The standard InChI is InChI=1S/C15H29N3O/c1-14(2,12-16)6-5-7-17-8-10-18(11-9-17)13-15(3,4)19/h19H,5-11,13H2,1-4H3. The molecule has 1 N–H and O–H groups in total. The molecule has 1 aliphatic rings. The lowest BCUT2D eigenvalue weighted by Crippen LogP contribution is -2.50. The molecule has 0 aliphatic carbocycles. The maximum atomic E-state index is 9.81. The molecule has 0 unspecified atom stereocenters. The lowest BCUT2D eigenvalue weighted by Gasteiger charge is -2.37. The Kier molecular flexibility index (Phi) is 5.79. The predicted molar refractivity (Wildman–Crippen MR) is 77.8 cm³/mol. The Morgan fingerprint density at radius 1 is 1.05 bits per heavy atom. The van der Waals surface area contributed by atoms with Gasteiger partial charge in [0.1, 0.15) is 0 Å². The highest BCUT2D eigenvalue weighted by molar-refractivity contribution is 4.91. The van der Waals surface area contributed by atoms with Crippen LogP contribution in [0.15, 0.2) is 0 Å². The summed E-state index contributed by atoms with van der Waals surface area (Å²) in [6.45, 7) is 13.8. The molecule has 1 saturated heterocycles. The molecule has 0 saturated carbocycles. The maximum Gasteiger partial charge on any atom is 0.0718 e. The third kappa shape index (κ3) is 6.91. The summed E-state index contributed by atoms with van der Waals surface area (Å²) in [5.41, 5.74) is -0.790. The summed E-state index contributed by atoms with van der Waals surface area (Å²) >= 11 is 0. The Labute approximate surface area is 118 Å². The van der Waals surface area contributed by atoms with Gasteiger partial charge in [0.05, 0.1) is 17.1 Å². The van der Waals surface area contributed by atoms with Gasteiger partial charge in [-0.15, -0.1) is 0 Å². The molecule has 0 aromatic rings. The first-order valence-electron chi connectivity index (χ1n) is 7.30. The van der Waals surface area contributed by atoms with E-state index in [9.17, 15) is 5.11 Å². The normalized spacial score (nSPS) is 19.4. The zero-order chi connectivity index (χ0) is 14.5. The van der Waals surface area contributed by atoms with Crippen molar-refractivity contribution in [2.24, 2.45) is 5.41 Å². The Morgan fingerprint density at radius 3 is 2.05 bits per heavy atom. The number of aliphatic hydroxyl groups is 1. The van der Waals surface area contributed by atoms with Crippen molar-refractivity contribution in [3.63, 3.8) is 0 Å². The van der Waals surface area contributed by atoms with E-state index in [1.807, 2.05) is 27.7 Å². The molecule has 0 amide bonds. The molecule has 0 aromatic heterocycles. The van der Waals surface area contributed by atoms with Crippen LogP contribution in [0.1, 0.15) is 40.5 Å². The minimum absolute atomic E-state index is 0.192. The smallest absolute Gasteiger partial charge is 0.0718 e. The van der Waals surface area contributed by atoms with Crippen LogP contribution in [0.3, 0.4) is 0 Å². The van der Waals surface area contributed by atoms with E-state index in [0.29, 0.717) is 0 Å². The van der Waals surface area contributed by atoms with Crippen LogP contribution >= 0.6 is 0 Å². The zero-order valence-electron chi connectivity index (χ0n) is 12.9. The number of β-amino-alcohol motifs (C(OH)–C–C–N with tert-alkyl or cyclic N) is 1. The average molecular weight is 267 g/mol. The summed E-state index contributed by atoms with van der Waals surface area (Å²) in [6, 6.07) is 2.36. The number of rotatable bonds is 6. The summed E-state index contributed by atoms with van der Waals surface area (Å²) < 4.78 is 0. The van der Waals surface area contributed by atoms with Crippen molar-refractivity contribution in [3.8, 4) is 6.07 Å². The molecule has 0 bridgehead atoms. The zero-order valence-corrected chi connectivity index (χ0v) is 12.9. The van der Waals surface area contributed by atoms with E-state index in [2.05, 4.69) is 15.9 Å². The van der Waals surface area contributed by atoms with Crippen molar-refractivity contribution in [3.05, 3.63) is 0 Å². The quantitative estimate of drug-likeness (QED) is 0.796. The maximum absolute atomic E-state index is 9.81. The molecule has 0 radical (unpaired) electrons. The summed E-state index contributed by atoms with van der Waals surface area (Å²) in [7, 11) is 0. The van der Waals surface area contributed by atoms with Gasteiger partial charge in [0.25, 0.3) is 0 Å². The van der Waals surface area contributed by atoms with Crippen LogP contribution in [0.4, 0.5) is 0 Å². The van der Waals surface area contributed by atoms with Gasteiger partial charge >= 0.3 is 0 Å². The highest BCUT2D eigenvalue weighted by atomic mass is 16.3. The molecule has 1 rings (SSSR count). The fraction of sp³-hybridized carbons (Fsp3) is 0.933. The Balaban J connectivity index is 2.19. The van der Waals surface area contributed by atoms with E-state index in [-0.39, 0.29) is 5.41 Å². The number of nitriles is 1. The second-order valence-corrected chi connectivity index (χ2v) is 7.03. The lowest BCUT2D eigenvalue weighted by atomic mass is 9.90. The number of piperazine rings is 1. The van der Waals surface area contributed by atoms with E-state index in [1.165, 1.54) is 0 Å². The summed E-state index contributed by atoms with van der Waals surface area (Å²) in [6.07, 6.45) is 2.05. The van der Waals surface area contributed by atoms with Gasteiger partial charge in [-0.2, -0.15) is 5.26 Å². The minimum atomic E-state index is -0.598. The van der Waals surface area contributed by atoms with Crippen molar-refractivity contribution in [1.82, 2.24) is 9.80 Å². The predicted octanol–water partition coefficient (Wildman–Crippen LogP) is 1.70. The van der Waals surface area contributed by atoms with Crippen molar-refractivity contribution >= 4 is 0 Å². The van der Waals surface area contributed by atoms with E-state index in [1.54, 1.807) is 0 Å². The minimum Gasteiger partial charge on any atom is -0.389 e. The van der Waals surface area contributed by atoms with Crippen molar-refractivity contribution in [2.75, 3.05) is 39.3 Å². The molecule has 4 nitrogen and oxygen atoms in total. The van der Waals surface area contributed by atoms with E-state index in [4.69, 9.17) is 5.26 Å². The third-order valence-corrected chi connectivity index (χ3v) is 3.65. The second-order valence-electron chi connectivity index (χ2n) is 7.03. The van der Waals surface area contributed by atoms with Gasteiger partial charge in [-0.3, -0.25) is 4.90 Å². The number of hydrogen-bond donors (Lipinski definition) is 1. The summed E-state index contributed by atoms with van der Waals surface area (Å²) in [5.74, 6) is 0. The fourth-order valence-electron chi connectivity index (χ4n) is 2.52. The van der Waals surface area contributed by atoms with Crippen molar-refractivity contribution in [1.29, 1.82) is 5.26 Å². The van der Waals surface area contributed by atoms with Crippen molar-refractivity contribution < 1.29 is 5.11 Å². The Hall–Kier alpha value is -0.630. The van der Waals surface area contributed by atoms with E-state index < -0.39 is 5.60 Å². The van der Waals surface area contributed by atoms with Gasteiger partial charge < -0.3 is 10.0 Å². The van der Waals surface area contributed by atoms with Crippen LogP contribution in [0, 0.1) is 16.7 Å². The highest BCUT2D eigenvalue weighted by Gasteiger charge is 2.23. The highest BCUT2D eigenvalue weighted by Crippen LogP contribution is 2.21. The second kappa shape index (κ2) is 6.69. The molecule has 0 aromatic carbocycles. The first-order chi connectivity index (χ1) is 8.72. The lowest BCUT2D eigenvalue weighted by molar-refractivity contribution is 0.0174. The Morgan fingerprint density at radius 2 is 1.58 bits per heavy atom. The molecule has 1 heterocycles. The molecule has 110 valence electrons. The molecule has 1 aliphatic heterocycles. The molecule has 4 heteroatoms. The SMILES string of the molecule is CC(C)(O)CN1CCN(CCCC(C)(C)C#N)CC1. The number of nitrogens with zero attached hydrogens (tertiary/aromatic N) is 3. The molecular weight excluding hydrogens is 238 g/mol. The van der Waals surface area contributed by atoms with Gasteiger partial charge in [0.15, 0.2) is 0 Å². The Bertz CT molecular complexity index is 306. The van der Waals surface area contributed by atoms with Crippen molar-refractivity contribution in [2.45, 2.75) is 46.1 Å². The number of hydrogen-bond acceptors (Lipinski definition) is 4. The first kappa shape index (κ1) is 16.4. The molecule has 0 atom stereocenters. The molecule has 0 spiro atoms. The van der Waals surface area contributed by atoms with Crippen LogP contribution in [-0.2, 0) is 0 Å². The topological polar surface area (TPSA) is 50.5 Å². The fourth-order valence-corrected chi connectivity index (χ4v) is 2.52. The van der Waals surface area contributed by atoms with Crippen LogP contribution in [0.2, 0.25) is 0 Å². The van der Waals surface area contributed by atoms with Crippen LogP contribution in [-0.4, -0.2) is 59.8 Å². The van der Waals surface area contributed by atoms with E-state index >= 15 is 0 Å². The summed E-state index contributed by atoms with van der Waals surface area (Å²) in [4.78, 5) is 4.80. The molecule has 1 fully saturated rings. The van der Waals surface area contributed by atoms with Gasteiger partial charge in [0, 0.05) is 32.7 Å². The monoisotopic (exact) mass is 267 g/mol. The molecular formula is C15H29N3O. The van der Waals surface area contributed by atoms with Gasteiger partial charge in [0.2, 0.25) is 0 Å². The van der Waals surface area contributed by atoms with Crippen LogP contribution in [0.25, 0.3) is 0 Å². The van der Waals surface area contributed by atoms with Gasteiger partial charge in [-0.25, -0.2) is 0 Å². The van der Waals surface area contributed by atoms with E-state index in [0.717, 1.165) is 52.1 Å². The summed E-state index contributed by atoms with van der Waals surface area (Å²) in [5, 5.41) is 18.8. The van der Waals surface area contributed by atoms with Gasteiger partial charge in [-0.1, -0.05) is 0 Å².